The predicted octanol–water partition coefficient (Wildman–Crippen LogP) is 3.69. The maximum absolute atomic E-state index is 13.1. The summed E-state index contributed by atoms with van der Waals surface area (Å²) in [4.78, 5) is 41.3. The van der Waals surface area contributed by atoms with Crippen LogP contribution in [0.4, 0.5) is 9.80 Å². The van der Waals surface area contributed by atoms with E-state index in [0.717, 1.165) is 36.4 Å². The van der Waals surface area contributed by atoms with Crippen LogP contribution in [0.15, 0.2) is 29.2 Å². The number of nitrogens with one attached hydrogen (secondary N) is 2. The molecule has 1 aromatic carbocycles. The molecule has 0 fully saturated rings. The van der Waals surface area contributed by atoms with Gasteiger partial charge in [0.05, 0.1) is 17.1 Å². The highest BCUT2D eigenvalue weighted by Crippen LogP contribution is 2.37. The number of rotatable bonds is 10. The Labute approximate surface area is 222 Å². The normalized spacial score (nSPS) is 13.8. The number of hydrogen-bond acceptors (Lipinski definition) is 8. The van der Waals surface area contributed by atoms with Crippen molar-refractivity contribution in [2.24, 2.45) is 0 Å². The van der Waals surface area contributed by atoms with E-state index in [4.69, 9.17) is 4.74 Å². The van der Waals surface area contributed by atoms with Crippen molar-refractivity contribution < 1.29 is 27.5 Å². The minimum atomic E-state index is -3.65. The van der Waals surface area contributed by atoms with Gasteiger partial charge in [-0.15, -0.1) is 11.3 Å². The SMILES string of the molecule is CCCCN(C)S(=O)(=O)c1ccc(C(=O)Nc2sc3c(c2C(=O)NC(=O)OCC)CCN(CC)C3)cc1. The van der Waals surface area contributed by atoms with Crippen LogP contribution in [-0.4, -0.2) is 68.8 Å². The fraction of sp³-hybridized carbons (Fsp3) is 0.480. The van der Waals surface area contributed by atoms with Gasteiger partial charge >= 0.3 is 6.09 Å². The average Bonchev–Trinajstić information content (AvgIpc) is 3.24. The van der Waals surface area contributed by atoms with Crippen LogP contribution in [-0.2, 0) is 27.7 Å². The van der Waals surface area contributed by atoms with Crippen LogP contribution in [0.5, 0.6) is 0 Å². The summed E-state index contributed by atoms with van der Waals surface area (Å²) >= 11 is 1.30. The smallest absolute Gasteiger partial charge is 0.414 e. The van der Waals surface area contributed by atoms with Gasteiger partial charge in [0.15, 0.2) is 0 Å². The Morgan fingerprint density at radius 2 is 1.81 bits per heavy atom. The number of hydrogen-bond donors (Lipinski definition) is 2. The number of nitrogens with zero attached hydrogens (tertiary/aromatic N) is 2. The first-order chi connectivity index (χ1) is 17.6. The van der Waals surface area contributed by atoms with E-state index in [-0.39, 0.29) is 22.6 Å². The third kappa shape index (κ3) is 6.75. The molecule has 10 nitrogen and oxygen atoms in total. The van der Waals surface area contributed by atoms with Crippen molar-refractivity contribution in [3.8, 4) is 0 Å². The number of alkyl carbamates (subject to hydrolysis) is 1. The van der Waals surface area contributed by atoms with Crippen molar-refractivity contribution in [3.63, 3.8) is 0 Å². The summed E-state index contributed by atoms with van der Waals surface area (Å²) < 4.78 is 31.7. The molecule has 3 amide bonds. The van der Waals surface area contributed by atoms with Gasteiger partial charge in [-0.25, -0.2) is 17.5 Å². The minimum absolute atomic E-state index is 0.100. The molecule has 0 bridgehead atoms. The first kappa shape index (κ1) is 28.8. The standard InChI is InChI=1S/C25H34N4O6S2/c1-5-8-14-28(4)37(33,34)18-11-9-17(10-12-18)22(30)26-24-21(23(31)27-25(32)35-7-3)19-13-15-29(6-2)16-20(19)36-24/h9-12H,5-8,13-16H2,1-4H3,(H,26,30)(H,27,31,32). The number of thiophene rings is 1. The number of carbonyl (C=O) groups excluding carboxylic acids is 3. The molecule has 0 saturated heterocycles. The lowest BCUT2D eigenvalue weighted by Crippen LogP contribution is -2.34. The van der Waals surface area contributed by atoms with Gasteiger partial charge in [-0.3, -0.25) is 19.8 Å². The summed E-state index contributed by atoms with van der Waals surface area (Å²) in [5.74, 6) is -1.12. The second kappa shape index (κ2) is 12.6. The molecule has 0 spiro atoms. The monoisotopic (exact) mass is 550 g/mol. The molecule has 0 aliphatic carbocycles. The Morgan fingerprint density at radius 3 is 2.43 bits per heavy atom. The number of unbranched alkanes of at least 4 members (excludes halogenated alkanes) is 1. The van der Waals surface area contributed by atoms with E-state index in [9.17, 15) is 22.8 Å². The summed E-state index contributed by atoms with van der Waals surface area (Å²) in [6, 6.07) is 5.69. The Bertz CT molecular complexity index is 1240. The zero-order valence-corrected chi connectivity index (χ0v) is 23.3. The van der Waals surface area contributed by atoms with Crippen molar-refractivity contribution in [2.75, 3.05) is 38.6 Å². The van der Waals surface area contributed by atoms with E-state index in [2.05, 4.69) is 22.5 Å². The third-order valence-corrected chi connectivity index (χ3v) is 9.18. The zero-order chi connectivity index (χ0) is 27.2. The molecule has 0 atom stereocenters. The lowest BCUT2D eigenvalue weighted by atomic mass is 10.0. The molecule has 3 rings (SSSR count). The Kier molecular flexibility index (Phi) is 9.82. The molecule has 0 saturated carbocycles. The summed E-state index contributed by atoms with van der Waals surface area (Å²) in [6.07, 6.45) is 1.39. The summed E-state index contributed by atoms with van der Waals surface area (Å²) in [5, 5.41) is 5.37. The van der Waals surface area contributed by atoms with E-state index in [1.54, 1.807) is 6.92 Å². The quantitative estimate of drug-likeness (QED) is 0.462. The predicted molar refractivity (Wildman–Crippen MR) is 143 cm³/mol. The maximum Gasteiger partial charge on any atom is 0.414 e. The number of benzene rings is 1. The molecule has 2 aromatic rings. The summed E-state index contributed by atoms with van der Waals surface area (Å²) in [5.41, 5.74) is 1.31. The number of imide groups is 1. The van der Waals surface area contributed by atoms with Crippen molar-refractivity contribution in [1.29, 1.82) is 0 Å². The van der Waals surface area contributed by atoms with E-state index < -0.39 is 27.9 Å². The number of fused-ring (bicyclic) bond motifs is 1. The van der Waals surface area contributed by atoms with Gasteiger partial charge < -0.3 is 10.1 Å². The van der Waals surface area contributed by atoms with E-state index in [0.29, 0.717) is 24.5 Å². The third-order valence-electron chi connectivity index (χ3n) is 6.18. The van der Waals surface area contributed by atoms with Gasteiger partial charge in [-0.1, -0.05) is 20.3 Å². The Balaban J connectivity index is 1.85. The fourth-order valence-corrected chi connectivity index (χ4v) is 6.50. The van der Waals surface area contributed by atoms with Crippen LogP contribution in [0.25, 0.3) is 0 Å². The summed E-state index contributed by atoms with van der Waals surface area (Å²) in [7, 11) is -2.12. The molecular formula is C25H34N4O6S2. The molecule has 37 heavy (non-hydrogen) atoms. The summed E-state index contributed by atoms with van der Waals surface area (Å²) in [6.45, 7) is 8.48. The number of amides is 3. The molecule has 202 valence electrons. The lowest BCUT2D eigenvalue weighted by molar-refractivity contribution is 0.0924. The van der Waals surface area contributed by atoms with Crippen molar-refractivity contribution >= 4 is 44.3 Å². The molecular weight excluding hydrogens is 516 g/mol. The molecule has 0 radical (unpaired) electrons. The van der Waals surface area contributed by atoms with Crippen LogP contribution in [0.2, 0.25) is 0 Å². The highest BCUT2D eigenvalue weighted by atomic mass is 32.2. The van der Waals surface area contributed by atoms with Crippen molar-refractivity contribution in [2.45, 2.75) is 51.5 Å². The first-order valence-electron chi connectivity index (χ1n) is 12.3. The Morgan fingerprint density at radius 1 is 1.11 bits per heavy atom. The maximum atomic E-state index is 13.1. The van der Waals surface area contributed by atoms with E-state index in [1.165, 1.54) is 47.0 Å². The van der Waals surface area contributed by atoms with Gasteiger partial charge in [0.25, 0.3) is 11.8 Å². The van der Waals surface area contributed by atoms with Crippen LogP contribution in [0.1, 0.15) is 64.8 Å². The topological polar surface area (TPSA) is 125 Å². The van der Waals surface area contributed by atoms with Crippen LogP contribution >= 0.6 is 11.3 Å². The van der Waals surface area contributed by atoms with Gasteiger partial charge in [-0.2, -0.15) is 0 Å². The van der Waals surface area contributed by atoms with Gasteiger partial charge in [0.2, 0.25) is 10.0 Å². The number of carbonyl (C=O) groups is 3. The number of anilines is 1. The highest BCUT2D eigenvalue weighted by molar-refractivity contribution is 7.89. The second-order valence-corrected chi connectivity index (χ2v) is 11.8. The van der Waals surface area contributed by atoms with Crippen LogP contribution in [0.3, 0.4) is 0 Å². The average molecular weight is 551 g/mol. The highest BCUT2D eigenvalue weighted by Gasteiger charge is 2.30. The largest absolute Gasteiger partial charge is 0.450 e. The van der Waals surface area contributed by atoms with Gasteiger partial charge in [0, 0.05) is 37.1 Å². The van der Waals surface area contributed by atoms with Crippen molar-refractivity contribution in [3.05, 3.63) is 45.8 Å². The second-order valence-electron chi connectivity index (χ2n) is 8.66. The Hall–Kier alpha value is -2.80. The molecule has 2 heterocycles. The number of ether oxygens (including phenoxy) is 1. The van der Waals surface area contributed by atoms with E-state index >= 15 is 0 Å². The van der Waals surface area contributed by atoms with E-state index in [1.807, 2.05) is 6.92 Å². The molecule has 1 aliphatic heterocycles. The molecule has 0 unspecified atom stereocenters. The fourth-order valence-electron chi connectivity index (χ4n) is 4.01. The van der Waals surface area contributed by atoms with Gasteiger partial charge in [0.1, 0.15) is 5.00 Å². The van der Waals surface area contributed by atoms with Crippen LogP contribution in [0, 0.1) is 0 Å². The molecule has 1 aromatic heterocycles. The molecule has 2 N–H and O–H groups in total. The van der Waals surface area contributed by atoms with Crippen LogP contribution < -0.4 is 10.6 Å². The van der Waals surface area contributed by atoms with Crippen molar-refractivity contribution in [1.82, 2.24) is 14.5 Å². The zero-order valence-electron chi connectivity index (χ0n) is 21.6. The lowest BCUT2D eigenvalue weighted by Gasteiger charge is -2.25. The minimum Gasteiger partial charge on any atom is -0.450 e. The first-order valence-corrected chi connectivity index (χ1v) is 14.6. The number of likely N-dealkylation sites (N-methyl/N-ethyl adjacent to an activating group) is 1. The number of sulfonamides is 1. The van der Waals surface area contributed by atoms with Gasteiger partial charge in [-0.05, 0) is 56.1 Å². The molecule has 12 heteroatoms. The molecule has 1 aliphatic rings.